The molecule has 3 aliphatic rings. The summed E-state index contributed by atoms with van der Waals surface area (Å²) in [6, 6.07) is 0. The second-order valence-corrected chi connectivity index (χ2v) is 9.96. The normalized spacial score (nSPS) is 34.4. The van der Waals surface area contributed by atoms with Crippen molar-refractivity contribution in [3.63, 3.8) is 0 Å². The zero-order chi connectivity index (χ0) is 18.9. The highest BCUT2D eigenvalue weighted by atomic mass is 14.5. The number of hydrogen-bond donors (Lipinski definition) is 0. The molecule has 26 heavy (non-hydrogen) atoms. The van der Waals surface area contributed by atoms with E-state index in [1.165, 1.54) is 36.8 Å². The minimum absolute atomic E-state index is 0.626. The maximum atomic E-state index is 2.57. The van der Waals surface area contributed by atoms with Crippen LogP contribution in [0.25, 0.3) is 5.57 Å². The molecule has 0 aromatic heterocycles. The highest BCUT2D eigenvalue weighted by Crippen LogP contribution is 2.60. The molecule has 5 atom stereocenters. The van der Waals surface area contributed by atoms with Gasteiger partial charge in [-0.3, -0.25) is 0 Å². The van der Waals surface area contributed by atoms with E-state index in [1.54, 1.807) is 27.8 Å². The Bertz CT molecular complexity index is 772. The average molecular weight is 351 g/mol. The summed E-state index contributed by atoms with van der Waals surface area (Å²) in [6.07, 6.45) is 5.84. The zero-order valence-electron chi connectivity index (χ0n) is 18.3. The summed E-state index contributed by atoms with van der Waals surface area (Å²) < 4.78 is 0. The molecule has 0 saturated heterocycles. The van der Waals surface area contributed by atoms with Gasteiger partial charge in [0.1, 0.15) is 0 Å². The van der Waals surface area contributed by atoms with E-state index >= 15 is 0 Å². The molecular formula is C26H38. The maximum absolute atomic E-state index is 2.57. The van der Waals surface area contributed by atoms with Crippen LogP contribution in [0, 0.1) is 57.3 Å². The SMILES string of the molecule is Cc1c(C)c(C)c2c(c1C)C1=C(C2C)C(C2CCCC2)C(C)C(C)C1C. The Morgan fingerprint density at radius 3 is 1.88 bits per heavy atom. The van der Waals surface area contributed by atoms with E-state index in [4.69, 9.17) is 0 Å². The molecule has 0 radical (unpaired) electrons. The second kappa shape index (κ2) is 6.25. The van der Waals surface area contributed by atoms with Crippen molar-refractivity contribution in [3.8, 4) is 0 Å². The van der Waals surface area contributed by atoms with E-state index < -0.39 is 0 Å². The van der Waals surface area contributed by atoms with E-state index in [2.05, 4.69) is 55.4 Å². The minimum Gasteiger partial charge on any atom is -0.0617 e. The van der Waals surface area contributed by atoms with Crippen molar-refractivity contribution < 1.29 is 0 Å². The standard InChI is InChI=1S/C26H38/c1-13-14(2)18(6)24-22(16(13)4)20(8)26-23(21-11-9-10-12-21)17(5)15(3)19(7)25(24)26/h15,17,19-21,23H,9-12H2,1-8H3. The van der Waals surface area contributed by atoms with Gasteiger partial charge in [-0.1, -0.05) is 46.1 Å². The zero-order valence-corrected chi connectivity index (χ0v) is 18.3. The van der Waals surface area contributed by atoms with Gasteiger partial charge in [-0.05, 0) is 109 Å². The summed E-state index contributed by atoms with van der Waals surface area (Å²) in [7, 11) is 0. The molecule has 1 saturated carbocycles. The van der Waals surface area contributed by atoms with Crippen LogP contribution < -0.4 is 0 Å². The van der Waals surface area contributed by atoms with Crippen LogP contribution in [0.4, 0.5) is 0 Å². The number of fused-ring (bicyclic) bond motifs is 2. The number of hydrogen-bond acceptors (Lipinski definition) is 0. The van der Waals surface area contributed by atoms with Crippen LogP contribution in [0.2, 0.25) is 0 Å². The summed E-state index contributed by atoms with van der Waals surface area (Å²) in [5.74, 6) is 4.69. The van der Waals surface area contributed by atoms with Gasteiger partial charge in [0.25, 0.3) is 0 Å². The van der Waals surface area contributed by atoms with E-state index in [1.807, 2.05) is 5.57 Å². The van der Waals surface area contributed by atoms with Crippen LogP contribution in [-0.2, 0) is 0 Å². The van der Waals surface area contributed by atoms with Gasteiger partial charge < -0.3 is 0 Å². The molecule has 0 heteroatoms. The maximum Gasteiger partial charge on any atom is 0.00378 e. The third-order valence-corrected chi connectivity index (χ3v) is 9.12. The Balaban J connectivity index is 1.98. The predicted molar refractivity (Wildman–Crippen MR) is 114 cm³/mol. The molecule has 0 spiro atoms. The first kappa shape index (κ1) is 18.3. The molecule has 1 fully saturated rings. The Hall–Kier alpha value is -1.04. The fourth-order valence-electron chi connectivity index (χ4n) is 7.05. The van der Waals surface area contributed by atoms with E-state index in [-0.39, 0.29) is 0 Å². The number of allylic oxidation sites excluding steroid dienone is 2. The van der Waals surface area contributed by atoms with Gasteiger partial charge in [-0.15, -0.1) is 0 Å². The Morgan fingerprint density at radius 2 is 1.27 bits per heavy atom. The summed E-state index contributed by atoms with van der Waals surface area (Å²) in [4.78, 5) is 0. The first-order valence-corrected chi connectivity index (χ1v) is 11.1. The van der Waals surface area contributed by atoms with Crippen molar-refractivity contribution in [3.05, 3.63) is 39.0 Å². The van der Waals surface area contributed by atoms with Crippen molar-refractivity contribution in [2.45, 2.75) is 87.0 Å². The van der Waals surface area contributed by atoms with Gasteiger partial charge >= 0.3 is 0 Å². The molecule has 1 aromatic carbocycles. The molecule has 5 unspecified atom stereocenters. The highest BCUT2D eigenvalue weighted by molar-refractivity contribution is 5.85. The predicted octanol–water partition coefficient (Wildman–Crippen LogP) is 7.52. The van der Waals surface area contributed by atoms with Crippen molar-refractivity contribution >= 4 is 5.57 Å². The van der Waals surface area contributed by atoms with Crippen LogP contribution in [0.3, 0.4) is 0 Å². The van der Waals surface area contributed by atoms with Crippen molar-refractivity contribution in [1.82, 2.24) is 0 Å². The molecule has 142 valence electrons. The van der Waals surface area contributed by atoms with Gasteiger partial charge in [0.2, 0.25) is 0 Å². The first-order chi connectivity index (χ1) is 12.3. The second-order valence-electron chi connectivity index (χ2n) is 9.96. The lowest BCUT2D eigenvalue weighted by Gasteiger charge is -2.44. The highest BCUT2D eigenvalue weighted by Gasteiger charge is 2.48. The van der Waals surface area contributed by atoms with E-state index in [0.29, 0.717) is 11.8 Å². The molecule has 3 aliphatic carbocycles. The molecule has 1 aromatic rings. The first-order valence-electron chi connectivity index (χ1n) is 11.1. The third-order valence-electron chi connectivity index (χ3n) is 9.12. The quantitative estimate of drug-likeness (QED) is 0.491. The smallest absolute Gasteiger partial charge is 0.00378 e. The molecular weight excluding hydrogens is 312 g/mol. The third kappa shape index (κ3) is 2.26. The number of rotatable bonds is 1. The van der Waals surface area contributed by atoms with Crippen molar-refractivity contribution in [2.24, 2.45) is 29.6 Å². The lowest BCUT2D eigenvalue weighted by Crippen LogP contribution is -2.35. The summed E-state index contributed by atoms with van der Waals surface area (Å²) >= 11 is 0. The fourth-order valence-corrected chi connectivity index (χ4v) is 7.05. The molecule has 0 N–H and O–H groups in total. The molecule has 4 rings (SSSR count). The van der Waals surface area contributed by atoms with Gasteiger partial charge in [0.05, 0.1) is 0 Å². The molecule has 0 amide bonds. The van der Waals surface area contributed by atoms with Crippen LogP contribution in [-0.4, -0.2) is 0 Å². The van der Waals surface area contributed by atoms with Crippen molar-refractivity contribution in [1.29, 1.82) is 0 Å². The molecule has 0 aliphatic heterocycles. The van der Waals surface area contributed by atoms with Gasteiger partial charge in [0.15, 0.2) is 0 Å². The largest absolute Gasteiger partial charge is 0.0617 e. The van der Waals surface area contributed by atoms with E-state index in [0.717, 1.165) is 23.7 Å². The van der Waals surface area contributed by atoms with Crippen molar-refractivity contribution in [2.75, 3.05) is 0 Å². The average Bonchev–Trinajstić information content (AvgIpc) is 3.24. The summed E-state index contributed by atoms with van der Waals surface area (Å²) in [5, 5.41) is 0. The monoisotopic (exact) mass is 350 g/mol. The molecule has 0 nitrogen and oxygen atoms in total. The van der Waals surface area contributed by atoms with Crippen LogP contribution in [0.15, 0.2) is 5.57 Å². The summed E-state index contributed by atoms with van der Waals surface area (Å²) in [5.41, 5.74) is 13.2. The van der Waals surface area contributed by atoms with Gasteiger partial charge in [-0.25, -0.2) is 0 Å². The van der Waals surface area contributed by atoms with Crippen LogP contribution in [0.5, 0.6) is 0 Å². The van der Waals surface area contributed by atoms with E-state index in [9.17, 15) is 0 Å². The Labute approximate surface area is 161 Å². The lowest BCUT2D eigenvalue weighted by atomic mass is 9.60. The lowest BCUT2D eigenvalue weighted by molar-refractivity contribution is 0.175. The topological polar surface area (TPSA) is 0 Å². The fraction of sp³-hybridized carbons (Fsp3) is 0.692. The van der Waals surface area contributed by atoms with Gasteiger partial charge in [0, 0.05) is 5.92 Å². The Kier molecular flexibility index (Phi) is 4.41. The van der Waals surface area contributed by atoms with Crippen LogP contribution in [0.1, 0.15) is 92.7 Å². The summed E-state index contributed by atoms with van der Waals surface area (Å²) in [6.45, 7) is 19.6. The number of benzene rings is 1. The molecule has 0 bridgehead atoms. The van der Waals surface area contributed by atoms with Crippen LogP contribution >= 0.6 is 0 Å². The molecule has 0 heterocycles. The van der Waals surface area contributed by atoms with Gasteiger partial charge in [-0.2, -0.15) is 0 Å². The Morgan fingerprint density at radius 1 is 0.692 bits per heavy atom. The minimum atomic E-state index is 0.626.